The van der Waals surface area contributed by atoms with Crippen LogP contribution < -0.4 is 0 Å². The molecule has 0 aromatic heterocycles. The van der Waals surface area contributed by atoms with Crippen LogP contribution in [0.1, 0.15) is 41.6 Å². The van der Waals surface area contributed by atoms with E-state index in [1.54, 1.807) is 6.07 Å². The lowest BCUT2D eigenvalue weighted by Crippen LogP contribution is -2.06. The van der Waals surface area contributed by atoms with Crippen LogP contribution in [-0.2, 0) is 6.42 Å². The van der Waals surface area contributed by atoms with Crippen molar-refractivity contribution in [2.24, 2.45) is 0 Å². The Bertz CT molecular complexity index is 622. The highest BCUT2D eigenvalue weighted by Gasteiger charge is 2.27. The maximum atomic E-state index is 13.5. The van der Waals surface area contributed by atoms with Gasteiger partial charge in [0.05, 0.1) is 10.6 Å². The first kappa shape index (κ1) is 13.8. The smallest absolute Gasteiger partial charge is 0.137 e. The Kier molecular flexibility index (Phi) is 3.90. The van der Waals surface area contributed by atoms with E-state index in [4.69, 9.17) is 0 Å². The Balaban J connectivity index is 1.86. The van der Waals surface area contributed by atoms with Gasteiger partial charge in [0.1, 0.15) is 5.82 Å². The average molecular weight is 335 g/mol. The van der Waals surface area contributed by atoms with Crippen LogP contribution in [0.5, 0.6) is 0 Å². The zero-order valence-electron chi connectivity index (χ0n) is 11.0. The summed E-state index contributed by atoms with van der Waals surface area (Å²) in [5, 5.41) is 10.5. The minimum absolute atomic E-state index is 0.287. The van der Waals surface area contributed by atoms with Crippen LogP contribution in [0.4, 0.5) is 4.39 Å². The standard InChI is InChI=1S/C17H16BrFO/c18-17-12(4-3-7-15(17)19)10-16(20)14-6-2-1-5-13(14)11-8-9-11/h1-7,11,16,20H,8-10H2. The van der Waals surface area contributed by atoms with Crippen LogP contribution in [0, 0.1) is 5.82 Å². The zero-order valence-corrected chi connectivity index (χ0v) is 12.6. The van der Waals surface area contributed by atoms with Crippen molar-refractivity contribution in [3.63, 3.8) is 0 Å². The molecule has 1 aliphatic rings. The van der Waals surface area contributed by atoms with E-state index in [1.807, 2.05) is 24.3 Å². The molecule has 0 amide bonds. The van der Waals surface area contributed by atoms with Gasteiger partial charge < -0.3 is 5.11 Å². The Hall–Kier alpha value is -1.19. The molecule has 0 bridgehead atoms. The molecule has 0 aliphatic heterocycles. The highest BCUT2D eigenvalue weighted by atomic mass is 79.9. The van der Waals surface area contributed by atoms with Gasteiger partial charge >= 0.3 is 0 Å². The molecule has 0 heterocycles. The minimum atomic E-state index is -0.593. The van der Waals surface area contributed by atoms with E-state index < -0.39 is 6.10 Å². The Morgan fingerprint density at radius 3 is 2.65 bits per heavy atom. The third kappa shape index (κ3) is 2.79. The number of hydrogen-bond acceptors (Lipinski definition) is 1. The van der Waals surface area contributed by atoms with Crippen LogP contribution in [0.15, 0.2) is 46.9 Å². The largest absolute Gasteiger partial charge is 0.388 e. The monoisotopic (exact) mass is 334 g/mol. The van der Waals surface area contributed by atoms with Crippen LogP contribution >= 0.6 is 15.9 Å². The molecule has 3 heteroatoms. The van der Waals surface area contributed by atoms with Gasteiger partial charge in [-0.15, -0.1) is 0 Å². The number of hydrogen-bond donors (Lipinski definition) is 1. The molecule has 20 heavy (non-hydrogen) atoms. The molecule has 0 spiro atoms. The number of rotatable bonds is 4. The van der Waals surface area contributed by atoms with E-state index in [1.165, 1.54) is 24.5 Å². The fourth-order valence-electron chi connectivity index (χ4n) is 2.60. The Morgan fingerprint density at radius 1 is 1.15 bits per heavy atom. The molecular formula is C17H16BrFO. The fourth-order valence-corrected chi connectivity index (χ4v) is 3.03. The summed E-state index contributed by atoms with van der Waals surface area (Å²) < 4.78 is 14.0. The molecule has 0 radical (unpaired) electrons. The van der Waals surface area contributed by atoms with Gasteiger partial charge in [-0.2, -0.15) is 0 Å². The van der Waals surface area contributed by atoms with Crippen molar-refractivity contribution in [2.45, 2.75) is 31.3 Å². The lowest BCUT2D eigenvalue weighted by atomic mass is 9.95. The van der Waals surface area contributed by atoms with Gasteiger partial charge in [-0.05, 0) is 57.4 Å². The van der Waals surface area contributed by atoms with Crippen molar-refractivity contribution in [1.82, 2.24) is 0 Å². The van der Waals surface area contributed by atoms with Crippen molar-refractivity contribution in [3.05, 3.63) is 69.4 Å². The lowest BCUT2D eigenvalue weighted by molar-refractivity contribution is 0.177. The Labute approximate surface area is 126 Å². The molecule has 0 saturated heterocycles. The Morgan fingerprint density at radius 2 is 1.90 bits per heavy atom. The summed E-state index contributed by atoms with van der Waals surface area (Å²) >= 11 is 3.25. The van der Waals surface area contributed by atoms with E-state index >= 15 is 0 Å². The molecule has 1 nitrogen and oxygen atoms in total. The second-order valence-electron chi connectivity index (χ2n) is 5.34. The molecular weight excluding hydrogens is 319 g/mol. The highest BCUT2D eigenvalue weighted by Crippen LogP contribution is 2.43. The van der Waals surface area contributed by atoms with Gasteiger partial charge in [0.25, 0.3) is 0 Å². The van der Waals surface area contributed by atoms with Crippen molar-refractivity contribution in [1.29, 1.82) is 0 Å². The van der Waals surface area contributed by atoms with E-state index in [2.05, 4.69) is 22.0 Å². The second kappa shape index (κ2) is 5.66. The normalized spacial score (nSPS) is 16.1. The number of aliphatic hydroxyl groups excluding tert-OH is 1. The average Bonchev–Trinajstić information content (AvgIpc) is 3.28. The molecule has 104 valence electrons. The second-order valence-corrected chi connectivity index (χ2v) is 6.13. The summed E-state index contributed by atoms with van der Waals surface area (Å²) in [4.78, 5) is 0. The van der Waals surface area contributed by atoms with Crippen molar-refractivity contribution in [3.8, 4) is 0 Å². The van der Waals surface area contributed by atoms with Gasteiger partial charge in [0.15, 0.2) is 0 Å². The van der Waals surface area contributed by atoms with Crippen molar-refractivity contribution >= 4 is 15.9 Å². The van der Waals surface area contributed by atoms with E-state index in [-0.39, 0.29) is 5.82 Å². The third-order valence-electron chi connectivity index (χ3n) is 3.82. The lowest BCUT2D eigenvalue weighted by Gasteiger charge is -2.16. The maximum absolute atomic E-state index is 13.5. The molecule has 1 aliphatic carbocycles. The van der Waals surface area contributed by atoms with E-state index in [0.29, 0.717) is 16.8 Å². The van der Waals surface area contributed by atoms with Gasteiger partial charge in [0.2, 0.25) is 0 Å². The molecule has 1 fully saturated rings. The predicted molar refractivity (Wildman–Crippen MR) is 81.2 cm³/mol. The van der Waals surface area contributed by atoms with Crippen molar-refractivity contribution in [2.75, 3.05) is 0 Å². The number of aliphatic hydroxyl groups is 1. The first-order valence-corrected chi connectivity index (χ1v) is 7.66. The van der Waals surface area contributed by atoms with Gasteiger partial charge in [-0.3, -0.25) is 0 Å². The van der Waals surface area contributed by atoms with Crippen molar-refractivity contribution < 1.29 is 9.50 Å². The summed E-state index contributed by atoms with van der Waals surface area (Å²) in [7, 11) is 0. The van der Waals surface area contributed by atoms with Crippen LogP contribution in [0.3, 0.4) is 0 Å². The van der Waals surface area contributed by atoms with E-state index in [0.717, 1.165) is 11.1 Å². The molecule has 2 aromatic rings. The van der Waals surface area contributed by atoms with Crippen LogP contribution in [0.2, 0.25) is 0 Å². The topological polar surface area (TPSA) is 20.2 Å². The SMILES string of the molecule is OC(Cc1cccc(F)c1Br)c1ccccc1C1CC1. The first-order chi connectivity index (χ1) is 9.66. The quantitative estimate of drug-likeness (QED) is 0.855. The van der Waals surface area contributed by atoms with E-state index in [9.17, 15) is 9.50 Å². The molecule has 1 saturated carbocycles. The first-order valence-electron chi connectivity index (χ1n) is 6.86. The summed E-state index contributed by atoms with van der Waals surface area (Å²) in [6, 6.07) is 13.0. The van der Waals surface area contributed by atoms with Gasteiger partial charge in [-0.25, -0.2) is 4.39 Å². The fraction of sp³-hybridized carbons (Fsp3) is 0.294. The molecule has 1 N–H and O–H groups in total. The van der Waals surface area contributed by atoms with Crippen LogP contribution in [-0.4, -0.2) is 5.11 Å². The summed E-state index contributed by atoms with van der Waals surface area (Å²) in [5.41, 5.74) is 3.02. The predicted octanol–water partition coefficient (Wildman–Crippen LogP) is 4.74. The third-order valence-corrected chi connectivity index (χ3v) is 4.71. The maximum Gasteiger partial charge on any atom is 0.137 e. The van der Waals surface area contributed by atoms with Gasteiger partial charge in [0, 0.05) is 6.42 Å². The summed E-state index contributed by atoms with van der Waals surface area (Å²) in [6.07, 6.45) is 2.23. The minimum Gasteiger partial charge on any atom is -0.388 e. The molecule has 1 unspecified atom stereocenters. The summed E-state index contributed by atoms with van der Waals surface area (Å²) in [5.74, 6) is 0.307. The molecule has 1 atom stereocenters. The molecule has 3 rings (SSSR count). The number of benzene rings is 2. The zero-order chi connectivity index (χ0) is 14.1. The van der Waals surface area contributed by atoms with Gasteiger partial charge in [-0.1, -0.05) is 36.4 Å². The summed E-state index contributed by atoms with van der Waals surface area (Å²) in [6.45, 7) is 0. The molecule has 2 aromatic carbocycles. The highest BCUT2D eigenvalue weighted by molar-refractivity contribution is 9.10. The van der Waals surface area contributed by atoms with Crippen LogP contribution in [0.25, 0.3) is 0 Å². The number of halogens is 2.